The smallest absolute Gasteiger partial charge is 0.186 e. The van der Waals surface area contributed by atoms with E-state index in [1.165, 1.54) is 25.3 Å². The van der Waals surface area contributed by atoms with E-state index in [9.17, 15) is 18.0 Å². The molecule has 220 valence electrons. The van der Waals surface area contributed by atoms with Crippen molar-refractivity contribution in [2.45, 2.75) is 57.1 Å². The van der Waals surface area contributed by atoms with Crippen molar-refractivity contribution in [1.82, 2.24) is 0 Å². The van der Waals surface area contributed by atoms with Crippen LogP contribution in [0.3, 0.4) is 0 Å². The SMILES string of the molecule is CCCc1cc(Oc2ccc(S(C)(=O)=O)cc2)ccc1OCCCOc1ccc(C(SC(C)=O)C(=O)C(C)C)cc1. The fraction of sp³-hybridized carbons (Fsp3) is 0.375. The molecule has 0 aliphatic rings. The predicted octanol–water partition coefficient (Wildman–Crippen LogP) is 7.23. The van der Waals surface area contributed by atoms with Crippen molar-refractivity contribution < 1.29 is 32.2 Å². The average Bonchev–Trinajstić information content (AvgIpc) is 2.92. The summed E-state index contributed by atoms with van der Waals surface area (Å²) in [6.07, 6.45) is 3.61. The topological polar surface area (TPSA) is 96.0 Å². The normalized spacial score (nSPS) is 12.1. The number of sulfone groups is 1. The quantitative estimate of drug-likeness (QED) is 0.169. The lowest BCUT2D eigenvalue weighted by Gasteiger charge is -2.17. The second kappa shape index (κ2) is 15.1. The van der Waals surface area contributed by atoms with Crippen molar-refractivity contribution in [3.05, 3.63) is 77.9 Å². The van der Waals surface area contributed by atoms with Gasteiger partial charge in [-0.3, -0.25) is 9.59 Å². The van der Waals surface area contributed by atoms with Gasteiger partial charge < -0.3 is 14.2 Å². The van der Waals surface area contributed by atoms with Gasteiger partial charge in [0.15, 0.2) is 20.7 Å². The Morgan fingerprint density at radius 1 is 0.854 bits per heavy atom. The molecule has 0 aromatic heterocycles. The zero-order valence-electron chi connectivity index (χ0n) is 24.2. The second-order valence-corrected chi connectivity index (χ2v) is 13.3. The van der Waals surface area contributed by atoms with Crippen molar-refractivity contribution in [2.24, 2.45) is 5.92 Å². The number of ether oxygens (including phenoxy) is 3. The van der Waals surface area contributed by atoms with Gasteiger partial charge in [0, 0.05) is 25.5 Å². The molecule has 0 heterocycles. The van der Waals surface area contributed by atoms with E-state index in [1.807, 2.05) is 56.3 Å². The molecule has 0 radical (unpaired) electrons. The summed E-state index contributed by atoms with van der Waals surface area (Å²) in [6.45, 7) is 8.19. The van der Waals surface area contributed by atoms with E-state index in [0.29, 0.717) is 36.9 Å². The van der Waals surface area contributed by atoms with Gasteiger partial charge in [0.1, 0.15) is 23.0 Å². The highest BCUT2D eigenvalue weighted by atomic mass is 32.2. The summed E-state index contributed by atoms with van der Waals surface area (Å²) in [5.74, 6) is 2.55. The van der Waals surface area contributed by atoms with Crippen LogP contribution in [0.25, 0.3) is 0 Å². The minimum atomic E-state index is -3.26. The van der Waals surface area contributed by atoms with Crippen molar-refractivity contribution in [3.8, 4) is 23.0 Å². The Hall–Kier alpha value is -3.30. The number of carbonyl (C=O) groups excluding carboxylic acids is 2. The lowest BCUT2D eigenvalue weighted by Crippen LogP contribution is -2.16. The van der Waals surface area contributed by atoms with Crippen LogP contribution >= 0.6 is 11.8 Å². The predicted molar refractivity (Wildman–Crippen MR) is 163 cm³/mol. The number of rotatable bonds is 15. The lowest BCUT2D eigenvalue weighted by atomic mass is 10.0. The standard InChI is InChI=1S/C32H38O7S2/c1-6-8-25-21-28(39-27-13-16-29(17-14-27)41(5,35)36)15-18-30(25)38-20-7-19-37-26-11-9-24(10-12-26)32(40-23(4)33)31(34)22(2)3/h9-18,21-22,32H,6-8,19-20H2,1-5H3. The summed E-state index contributed by atoms with van der Waals surface area (Å²) in [4.78, 5) is 24.5. The third-order valence-corrected chi connectivity index (χ3v) is 8.35. The monoisotopic (exact) mass is 598 g/mol. The molecule has 0 saturated heterocycles. The first kappa shape index (κ1) is 32.2. The number of Topliss-reactive ketones (excluding diaryl/α,β-unsaturated/α-hetero) is 1. The molecule has 3 rings (SSSR count). The van der Waals surface area contributed by atoms with Crippen molar-refractivity contribution in [3.63, 3.8) is 0 Å². The van der Waals surface area contributed by atoms with Gasteiger partial charge in [-0.15, -0.1) is 0 Å². The second-order valence-electron chi connectivity index (χ2n) is 10.0. The third-order valence-electron chi connectivity index (χ3n) is 6.15. The van der Waals surface area contributed by atoms with Crippen LogP contribution in [0.4, 0.5) is 0 Å². The van der Waals surface area contributed by atoms with Crippen LogP contribution in [0.5, 0.6) is 23.0 Å². The molecule has 0 aliphatic carbocycles. The van der Waals surface area contributed by atoms with Gasteiger partial charge in [-0.2, -0.15) is 0 Å². The van der Waals surface area contributed by atoms with E-state index >= 15 is 0 Å². The van der Waals surface area contributed by atoms with Crippen LogP contribution in [0.2, 0.25) is 0 Å². The summed E-state index contributed by atoms with van der Waals surface area (Å²) in [6, 6.07) is 19.3. The highest BCUT2D eigenvalue weighted by molar-refractivity contribution is 8.14. The first-order valence-corrected chi connectivity index (χ1v) is 16.4. The van der Waals surface area contributed by atoms with Gasteiger partial charge in [0.25, 0.3) is 0 Å². The van der Waals surface area contributed by atoms with E-state index in [0.717, 1.165) is 41.5 Å². The summed E-state index contributed by atoms with van der Waals surface area (Å²) in [5.41, 5.74) is 1.82. The largest absolute Gasteiger partial charge is 0.493 e. The molecule has 3 aromatic carbocycles. The molecule has 0 bridgehead atoms. The van der Waals surface area contributed by atoms with Gasteiger partial charge in [-0.05, 0) is 72.1 Å². The number of hydrogen-bond donors (Lipinski definition) is 0. The Labute approximate surface area is 247 Å². The molecule has 1 unspecified atom stereocenters. The maximum Gasteiger partial charge on any atom is 0.186 e. The molecular formula is C32H38O7S2. The fourth-order valence-corrected chi connectivity index (χ4v) is 5.69. The molecule has 41 heavy (non-hydrogen) atoms. The van der Waals surface area contributed by atoms with Crippen LogP contribution in [-0.4, -0.2) is 38.8 Å². The molecule has 0 N–H and O–H groups in total. The van der Waals surface area contributed by atoms with Gasteiger partial charge in [0.05, 0.1) is 23.4 Å². The molecule has 0 spiro atoms. The molecular weight excluding hydrogens is 560 g/mol. The van der Waals surface area contributed by atoms with E-state index in [2.05, 4.69) is 6.92 Å². The molecule has 3 aromatic rings. The highest BCUT2D eigenvalue weighted by Gasteiger charge is 2.25. The van der Waals surface area contributed by atoms with Gasteiger partial charge in [-0.1, -0.05) is 51.1 Å². The van der Waals surface area contributed by atoms with Crippen LogP contribution in [-0.2, 0) is 25.8 Å². The van der Waals surface area contributed by atoms with Crippen molar-refractivity contribution in [1.29, 1.82) is 0 Å². The average molecular weight is 599 g/mol. The highest BCUT2D eigenvalue weighted by Crippen LogP contribution is 2.34. The summed E-state index contributed by atoms with van der Waals surface area (Å²) in [5, 5.41) is -0.598. The maximum absolute atomic E-state index is 12.6. The van der Waals surface area contributed by atoms with Gasteiger partial charge >= 0.3 is 0 Å². The first-order chi connectivity index (χ1) is 19.5. The molecule has 0 aliphatic heterocycles. The van der Waals surface area contributed by atoms with Crippen LogP contribution < -0.4 is 14.2 Å². The van der Waals surface area contributed by atoms with E-state index in [-0.39, 0.29) is 21.7 Å². The Bertz CT molecular complexity index is 1410. The first-order valence-electron chi connectivity index (χ1n) is 13.6. The van der Waals surface area contributed by atoms with E-state index in [1.54, 1.807) is 12.1 Å². The van der Waals surface area contributed by atoms with Crippen LogP contribution in [0.15, 0.2) is 71.6 Å². The molecule has 0 saturated carbocycles. The van der Waals surface area contributed by atoms with Crippen LogP contribution in [0, 0.1) is 5.92 Å². The zero-order valence-corrected chi connectivity index (χ0v) is 25.8. The van der Waals surface area contributed by atoms with Gasteiger partial charge in [-0.25, -0.2) is 8.42 Å². The fourth-order valence-electron chi connectivity index (χ4n) is 4.04. The molecule has 1 atom stereocenters. The number of aryl methyl sites for hydroxylation is 1. The third kappa shape index (κ3) is 9.93. The Morgan fingerprint density at radius 2 is 1.46 bits per heavy atom. The molecule has 0 fully saturated rings. The van der Waals surface area contributed by atoms with Crippen molar-refractivity contribution in [2.75, 3.05) is 19.5 Å². The number of carbonyl (C=O) groups is 2. The molecule has 7 nitrogen and oxygen atoms in total. The number of thioether (sulfide) groups is 1. The van der Waals surface area contributed by atoms with E-state index < -0.39 is 15.1 Å². The maximum atomic E-state index is 12.6. The van der Waals surface area contributed by atoms with Crippen molar-refractivity contribution >= 4 is 32.5 Å². The van der Waals surface area contributed by atoms with Gasteiger partial charge in [0.2, 0.25) is 0 Å². The molecule has 0 amide bonds. The minimum Gasteiger partial charge on any atom is -0.493 e. The summed E-state index contributed by atoms with van der Waals surface area (Å²) in [7, 11) is -3.26. The molecule has 9 heteroatoms. The van der Waals surface area contributed by atoms with Crippen LogP contribution in [0.1, 0.15) is 56.9 Å². The number of benzene rings is 3. The Kier molecular flexibility index (Phi) is 11.8. The summed E-state index contributed by atoms with van der Waals surface area (Å²) >= 11 is 1.05. The Balaban J connectivity index is 1.52. The summed E-state index contributed by atoms with van der Waals surface area (Å²) < 4.78 is 41.2. The zero-order chi connectivity index (χ0) is 30.0. The lowest BCUT2D eigenvalue weighted by molar-refractivity contribution is -0.121. The number of ketones is 1. The van der Waals surface area contributed by atoms with E-state index in [4.69, 9.17) is 14.2 Å². The Morgan fingerprint density at radius 3 is 2.05 bits per heavy atom. The number of hydrogen-bond acceptors (Lipinski definition) is 8. The minimum absolute atomic E-state index is 0.0290.